The van der Waals surface area contributed by atoms with Gasteiger partial charge in [0.25, 0.3) is 0 Å². The Labute approximate surface area is 125 Å². The number of rotatable bonds is 6. The highest BCUT2D eigenvalue weighted by Crippen LogP contribution is 2.33. The minimum absolute atomic E-state index is 0.554. The fourth-order valence-electron chi connectivity index (χ4n) is 3.53. The third-order valence-electron chi connectivity index (χ3n) is 4.74. The van der Waals surface area contributed by atoms with Gasteiger partial charge in [-0.15, -0.1) is 0 Å². The molecule has 112 valence electrons. The summed E-state index contributed by atoms with van der Waals surface area (Å²) < 4.78 is 0. The lowest BCUT2D eigenvalue weighted by molar-refractivity contribution is 0.299. The first-order chi connectivity index (χ1) is 9.70. The highest BCUT2D eigenvalue weighted by molar-refractivity contribution is 5.33. The number of nitrogens with one attached hydrogen (secondary N) is 1. The van der Waals surface area contributed by atoms with Crippen LogP contribution >= 0.6 is 0 Å². The van der Waals surface area contributed by atoms with Crippen molar-refractivity contribution < 1.29 is 0 Å². The first-order valence-electron chi connectivity index (χ1n) is 8.51. The maximum atomic E-state index is 3.80. The van der Waals surface area contributed by atoms with E-state index in [1.165, 1.54) is 61.6 Å². The minimum atomic E-state index is 0.554. The lowest BCUT2D eigenvalue weighted by Crippen LogP contribution is -2.26. The van der Waals surface area contributed by atoms with Crippen LogP contribution in [0.3, 0.4) is 0 Å². The van der Waals surface area contributed by atoms with Crippen molar-refractivity contribution in [3.63, 3.8) is 0 Å². The van der Waals surface area contributed by atoms with Crippen molar-refractivity contribution in [3.05, 3.63) is 34.9 Å². The normalized spacial score (nSPS) is 18.1. The fourth-order valence-corrected chi connectivity index (χ4v) is 3.53. The van der Waals surface area contributed by atoms with Crippen molar-refractivity contribution in [2.75, 3.05) is 6.54 Å². The van der Waals surface area contributed by atoms with Gasteiger partial charge in [-0.25, -0.2) is 0 Å². The van der Waals surface area contributed by atoms with Crippen LogP contribution in [0.15, 0.2) is 18.2 Å². The zero-order chi connectivity index (χ0) is 14.4. The molecule has 0 aliphatic heterocycles. The Morgan fingerprint density at radius 2 is 1.90 bits per heavy atom. The summed E-state index contributed by atoms with van der Waals surface area (Å²) in [5.41, 5.74) is 4.36. The zero-order valence-corrected chi connectivity index (χ0v) is 13.5. The molecule has 1 aliphatic rings. The van der Waals surface area contributed by atoms with Crippen LogP contribution in [-0.2, 0) is 0 Å². The number of hydrogen-bond donors (Lipinski definition) is 1. The van der Waals surface area contributed by atoms with Crippen LogP contribution in [0, 0.1) is 19.8 Å². The summed E-state index contributed by atoms with van der Waals surface area (Å²) in [5.74, 6) is 0.929. The number of aryl methyl sites for hydroxylation is 2. The van der Waals surface area contributed by atoms with Crippen molar-refractivity contribution in [2.45, 2.75) is 71.8 Å². The molecule has 1 atom stereocenters. The van der Waals surface area contributed by atoms with Gasteiger partial charge in [0.15, 0.2) is 0 Å². The molecule has 1 fully saturated rings. The van der Waals surface area contributed by atoms with Gasteiger partial charge in [0.1, 0.15) is 0 Å². The minimum Gasteiger partial charge on any atom is -0.310 e. The van der Waals surface area contributed by atoms with Gasteiger partial charge in [0, 0.05) is 6.04 Å². The summed E-state index contributed by atoms with van der Waals surface area (Å²) in [4.78, 5) is 0. The molecule has 20 heavy (non-hydrogen) atoms. The van der Waals surface area contributed by atoms with Gasteiger partial charge in [-0.05, 0) is 50.3 Å². The molecule has 0 amide bonds. The Morgan fingerprint density at radius 1 is 1.15 bits per heavy atom. The van der Waals surface area contributed by atoms with Gasteiger partial charge in [0.05, 0.1) is 0 Å². The standard InChI is InChI=1S/C19H31N/c1-4-12-20-19(14-17-8-6-5-7-9-17)18-13-15(2)10-11-16(18)3/h10-11,13,17,19-20H,4-9,12,14H2,1-3H3. The Balaban J connectivity index is 2.10. The molecule has 1 nitrogen and oxygen atoms in total. The van der Waals surface area contributed by atoms with Crippen molar-refractivity contribution >= 4 is 0 Å². The van der Waals surface area contributed by atoms with Crippen LogP contribution in [0.5, 0.6) is 0 Å². The Bertz CT molecular complexity index is 404. The van der Waals surface area contributed by atoms with E-state index in [9.17, 15) is 0 Å². The van der Waals surface area contributed by atoms with Crippen LogP contribution in [0.1, 0.15) is 74.6 Å². The van der Waals surface area contributed by atoms with E-state index in [0.29, 0.717) is 6.04 Å². The van der Waals surface area contributed by atoms with E-state index in [0.717, 1.165) is 12.5 Å². The molecule has 1 aliphatic carbocycles. The monoisotopic (exact) mass is 273 g/mol. The predicted octanol–water partition coefficient (Wildman–Crippen LogP) is 5.31. The Morgan fingerprint density at radius 3 is 2.60 bits per heavy atom. The van der Waals surface area contributed by atoms with Gasteiger partial charge < -0.3 is 5.32 Å². The summed E-state index contributed by atoms with van der Waals surface area (Å²) in [6.45, 7) is 7.86. The Hall–Kier alpha value is -0.820. The highest BCUT2D eigenvalue weighted by atomic mass is 14.9. The van der Waals surface area contributed by atoms with E-state index in [-0.39, 0.29) is 0 Å². The second-order valence-corrected chi connectivity index (χ2v) is 6.61. The average molecular weight is 273 g/mol. The third-order valence-corrected chi connectivity index (χ3v) is 4.74. The molecule has 0 radical (unpaired) electrons. The lowest BCUT2D eigenvalue weighted by Gasteiger charge is -2.28. The van der Waals surface area contributed by atoms with Crippen LogP contribution < -0.4 is 5.32 Å². The summed E-state index contributed by atoms with van der Waals surface area (Å²) in [7, 11) is 0. The molecular weight excluding hydrogens is 242 g/mol. The first-order valence-corrected chi connectivity index (χ1v) is 8.51. The van der Waals surface area contributed by atoms with E-state index in [4.69, 9.17) is 0 Å². The van der Waals surface area contributed by atoms with Crippen molar-refractivity contribution in [1.29, 1.82) is 0 Å². The van der Waals surface area contributed by atoms with Gasteiger partial charge in [0.2, 0.25) is 0 Å². The SMILES string of the molecule is CCCNC(CC1CCCCC1)c1cc(C)ccc1C. The smallest absolute Gasteiger partial charge is 0.0325 e. The number of benzene rings is 1. The van der Waals surface area contributed by atoms with Gasteiger partial charge in [-0.2, -0.15) is 0 Å². The Kier molecular flexibility index (Phi) is 6.09. The molecule has 0 bridgehead atoms. The van der Waals surface area contributed by atoms with Crippen LogP contribution in [0.4, 0.5) is 0 Å². The van der Waals surface area contributed by atoms with Gasteiger partial charge in [-0.3, -0.25) is 0 Å². The van der Waals surface area contributed by atoms with Crippen molar-refractivity contribution in [2.24, 2.45) is 5.92 Å². The average Bonchev–Trinajstić information content (AvgIpc) is 2.47. The van der Waals surface area contributed by atoms with E-state index in [2.05, 4.69) is 44.3 Å². The molecule has 1 aromatic rings. The maximum absolute atomic E-state index is 3.80. The predicted molar refractivity (Wildman–Crippen MR) is 88.1 cm³/mol. The molecule has 1 heteroatoms. The lowest BCUT2D eigenvalue weighted by atomic mass is 9.82. The first kappa shape index (κ1) is 15.6. The molecule has 0 spiro atoms. The summed E-state index contributed by atoms with van der Waals surface area (Å²) in [5, 5.41) is 3.80. The third kappa shape index (κ3) is 4.34. The van der Waals surface area contributed by atoms with Crippen LogP contribution in [0.2, 0.25) is 0 Å². The van der Waals surface area contributed by atoms with Crippen LogP contribution in [0.25, 0.3) is 0 Å². The summed E-state index contributed by atoms with van der Waals surface area (Å²) in [6.07, 6.45) is 9.75. The van der Waals surface area contributed by atoms with Gasteiger partial charge >= 0.3 is 0 Å². The second kappa shape index (κ2) is 7.83. The maximum Gasteiger partial charge on any atom is 0.0325 e. The molecule has 1 N–H and O–H groups in total. The van der Waals surface area contributed by atoms with Crippen molar-refractivity contribution in [1.82, 2.24) is 5.32 Å². The van der Waals surface area contributed by atoms with E-state index >= 15 is 0 Å². The van der Waals surface area contributed by atoms with E-state index in [1.807, 2.05) is 0 Å². The van der Waals surface area contributed by atoms with Crippen molar-refractivity contribution in [3.8, 4) is 0 Å². The van der Waals surface area contributed by atoms with Crippen LogP contribution in [-0.4, -0.2) is 6.54 Å². The van der Waals surface area contributed by atoms with E-state index in [1.54, 1.807) is 0 Å². The van der Waals surface area contributed by atoms with E-state index < -0.39 is 0 Å². The second-order valence-electron chi connectivity index (χ2n) is 6.61. The highest BCUT2D eigenvalue weighted by Gasteiger charge is 2.21. The number of hydrogen-bond acceptors (Lipinski definition) is 1. The fraction of sp³-hybridized carbons (Fsp3) is 0.684. The molecular formula is C19H31N. The topological polar surface area (TPSA) is 12.0 Å². The zero-order valence-electron chi connectivity index (χ0n) is 13.5. The summed E-state index contributed by atoms with van der Waals surface area (Å²) in [6, 6.07) is 7.46. The molecule has 0 heterocycles. The molecule has 0 aromatic heterocycles. The molecule has 0 saturated heterocycles. The van der Waals surface area contributed by atoms with Gasteiger partial charge in [-0.1, -0.05) is 62.8 Å². The summed E-state index contributed by atoms with van der Waals surface area (Å²) >= 11 is 0. The largest absolute Gasteiger partial charge is 0.310 e. The molecule has 1 unspecified atom stereocenters. The molecule has 1 saturated carbocycles. The quantitative estimate of drug-likeness (QED) is 0.740. The molecule has 1 aromatic carbocycles. The molecule has 2 rings (SSSR count).